The zero-order chi connectivity index (χ0) is 13.8. The molecule has 0 aromatic rings. The third kappa shape index (κ3) is 4.22. The molecule has 1 N–H and O–H groups in total. The lowest BCUT2D eigenvalue weighted by atomic mass is 9.83. The third-order valence-electron chi connectivity index (χ3n) is 4.04. The molecule has 18 heavy (non-hydrogen) atoms. The van der Waals surface area contributed by atoms with Gasteiger partial charge in [-0.3, -0.25) is 4.90 Å². The number of rotatable bonds is 5. The molecule has 3 heteroatoms. The standard InChI is InChI=1S/C15H32N2O/c1-7-8-13-10-17(12(2)11-18-6)14(9-16-13)15(3,4)5/h12-14,16H,7-11H2,1-6H3. The van der Waals surface area contributed by atoms with E-state index in [0.717, 1.165) is 19.7 Å². The van der Waals surface area contributed by atoms with Crippen molar-refractivity contribution in [3.8, 4) is 0 Å². The SMILES string of the molecule is CCCC1CN(C(C)COC)C(C(C)(C)C)CN1. The maximum absolute atomic E-state index is 5.35. The number of nitrogens with one attached hydrogen (secondary N) is 1. The Morgan fingerprint density at radius 1 is 1.39 bits per heavy atom. The molecule has 0 spiro atoms. The summed E-state index contributed by atoms with van der Waals surface area (Å²) in [6, 6.07) is 1.74. The minimum absolute atomic E-state index is 0.312. The highest BCUT2D eigenvalue weighted by Gasteiger charge is 2.37. The first-order valence-corrected chi connectivity index (χ1v) is 7.38. The summed E-state index contributed by atoms with van der Waals surface area (Å²) in [7, 11) is 1.80. The summed E-state index contributed by atoms with van der Waals surface area (Å²) in [5, 5.41) is 3.72. The normalized spacial score (nSPS) is 28.3. The van der Waals surface area contributed by atoms with Crippen molar-refractivity contribution in [3.63, 3.8) is 0 Å². The lowest BCUT2D eigenvalue weighted by molar-refractivity contribution is -0.00245. The van der Waals surface area contributed by atoms with Gasteiger partial charge >= 0.3 is 0 Å². The second-order valence-electron chi connectivity index (χ2n) is 6.78. The Balaban J connectivity index is 2.73. The van der Waals surface area contributed by atoms with E-state index in [0.29, 0.717) is 23.5 Å². The molecule has 0 aromatic heterocycles. The summed E-state index contributed by atoms with van der Waals surface area (Å²) in [6.07, 6.45) is 2.53. The fourth-order valence-corrected chi connectivity index (χ4v) is 3.01. The Hall–Kier alpha value is -0.120. The Morgan fingerprint density at radius 3 is 2.56 bits per heavy atom. The van der Waals surface area contributed by atoms with Gasteiger partial charge in [-0.1, -0.05) is 34.1 Å². The molecule has 1 saturated heterocycles. The molecule has 0 aliphatic carbocycles. The van der Waals surface area contributed by atoms with Gasteiger partial charge in [0.15, 0.2) is 0 Å². The molecule has 0 aromatic carbocycles. The van der Waals surface area contributed by atoms with Crippen LogP contribution in [0, 0.1) is 5.41 Å². The Labute approximate surface area is 113 Å². The van der Waals surface area contributed by atoms with Crippen molar-refractivity contribution in [1.82, 2.24) is 10.2 Å². The number of hydrogen-bond acceptors (Lipinski definition) is 3. The van der Waals surface area contributed by atoms with Gasteiger partial charge in [-0.2, -0.15) is 0 Å². The van der Waals surface area contributed by atoms with Crippen molar-refractivity contribution in [2.45, 2.75) is 65.6 Å². The summed E-state index contributed by atoms with van der Waals surface area (Å²) in [6.45, 7) is 14.6. The number of nitrogens with zero attached hydrogens (tertiary/aromatic N) is 1. The Morgan fingerprint density at radius 2 is 2.06 bits per heavy atom. The molecule has 108 valence electrons. The molecule has 0 saturated carbocycles. The predicted molar refractivity (Wildman–Crippen MR) is 78.0 cm³/mol. The van der Waals surface area contributed by atoms with Gasteiger partial charge in [-0.05, 0) is 18.8 Å². The maximum atomic E-state index is 5.35. The van der Waals surface area contributed by atoms with Crippen molar-refractivity contribution in [3.05, 3.63) is 0 Å². The van der Waals surface area contributed by atoms with Crippen LogP contribution in [0.2, 0.25) is 0 Å². The van der Waals surface area contributed by atoms with Gasteiger partial charge in [0.05, 0.1) is 6.61 Å². The maximum Gasteiger partial charge on any atom is 0.0615 e. The van der Waals surface area contributed by atoms with Crippen LogP contribution in [-0.4, -0.2) is 49.8 Å². The monoisotopic (exact) mass is 256 g/mol. The van der Waals surface area contributed by atoms with Crippen LogP contribution in [0.5, 0.6) is 0 Å². The van der Waals surface area contributed by atoms with E-state index in [1.165, 1.54) is 12.8 Å². The molecule has 0 radical (unpaired) electrons. The van der Waals surface area contributed by atoms with Crippen molar-refractivity contribution >= 4 is 0 Å². The van der Waals surface area contributed by atoms with Crippen molar-refractivity contribution in [2.75, 3.05) is 26.8 Å². The number of methoxy groups -OCH3 is 1. The van der Waals surface area contributed by atoms with Crippen LogP contribution < -0.4 is 5.32 Å². The van der Waals surface area contributed by atoms with Gasteiger partial charge in [-0.25, -0.2) is 0 Å². The number of ether oxygens (including phenoxy) is 1. The smallest absolute Gasteiger partial charge is 0.0615 e. The van der Waals surface area contributed by atoms with E-state index in [9.17, 15) is 0 Å². The molecule has 3 nitrogen and oxygen atoms in total. The fourth-order valence-electron chi connectivity index (χ4n) is 3.01. The topological polar surface area (TPSA) is 24.5 Å². The van der Waals surface area contributed by atoms with Gasteiger partial charge < -0.3 is 10.1 Å². The summed E-state index contributed by atoms with van der Waals surface area (Å²) in [4.78, 5) is 2.65. The van der Waals surface area contributed by atoms with E-state index in [4.69, 9.17) is 4.74 Å². The van der Waals surface area contributed by atoms with Crippen LogP contribution >= 0.6 is 0 Å². The molecule has 1 fully saturated rings. The quantitative estimate of drug-likeness (QED) is 0.818. The zero-order valence-electron chi connectivity index (χ0n) is 13.1. The molecule has 1 aliphatic rings. The number of hydrogen-bond donors (Lipinski definition) is 1. The highest BCUT2D eigenvalue weighted by molar-refractivity contribution is 4.94. The van der Waals surface area contributed by atoms with Crippen molar-refractivity contribution in [2.24, 2.45) is 5.41 Å². The van der Waals surface area contributed by atoms with E-state index in [1.807, 2.05) is 0 Å². The molecule has 1 aliphatic heterocycles. The first-order valence-electron chi connectivity index (χ1n) is 7.38. The van der Waals surface area contributed by atoms with Crippen LogP contribution in [0.15, 0.2) is 0 Å². The average Bonchev–Trinajstić information content (AvgIpc) is 2.28. The van der Waals surface area contributed by atoms with Crippen molar-refractivity contribution < 1.29 is 4.74 Å². The van der Waals surface area contributed by atoms with Gasteiger partial charge in [0.1, 0.15) is 0 Å². The molecule has 1 heterocycles. The first kappa shape index (κ1) is 15.9. The lowest BCUT2D eigenvalue weighted by Gasteiger charge is -2.49. The summed E-state index contributed by atoms with van der Waals surface area (Å²) >= 11 is 0. The molecule has 1 rings (SSSR count). The van der Waals surface area contributed by atoms with Crippen molar-refractivity contribution in [1.29, 1.82) is 0 Å². The predicted octanol–water partition coefficient (Wildman–Crippen LogP) is 2.51. The molecular formula is C15H32N2O. The highest BCUT2D eigenvalue weighted by atomic mass is 16.5. The van der Waals surface area contributed by atoms with E-state index in [1.54, 1.807) is 7.11 Å². The number of piperazine rings is 1. The Kier molecular flexibility index (Phi) is 6.09. The largest absolute Gasteiger partial charge is 0.383 e. The van der Waals surface area contributed by atoms with E-state index >= 15 is 0 Å². The van der Waals surface area contributed by atoms with Gasteiger partial charge in [0, 0.05) is 38.3 Å². The van der Waals surface area contributed by atoms with E-state index < -0.39 is 0 Å². The first-order chi connectivity index (χ1) is 8.40. The molecule has 0 bridgehead atoms. The second kappa shape index (κ2) is 6.88. The van der Waals surface area contributed by atoms with Crippen LogP contribution in [0.4, 0.5) is 0 Å². The Bertz CT molecular complexity index is 237. The molecule has 3 atom stereocenters. The van der Waals surface area contributed by atoms with Crippen LogP contribution in [0.3, 0.4) is 0 Å². The van der Waals surface area contributed by atoms with Gasteiger partial charge in [0.2, 0.25) is 0 Å². The fraction of sp³-hybridized carbons (Fsp3) is 1.00. The summed E-state index contributed by atoms with van der Waals surface area (Å²) < 4.78 is 5.35. The minimum Gasteiger partial charge on any atom is -0.383 e. The second-order valence-corrected chi connectivity index (χ2v) is 6.78. The van der Waals surface area contributed by atoms with Gasteiger partial charge in [0.25, 0.3) is 0 Å². The van der Waals surface area contributed by atoms with E-state index in [2.05, 4.69) is 44.8 Å². The highest BCUT2D eigenvalue weighted by Crippen LogP contribution is 2.28. The van der Waals surface area contributed by atoms with Crippen LogP contribution in [-0.2, 0) is 4.74 Å². The average molecular weight is 256 g/mol. The van der Waals surface area contributed by atoms with Crippen LogP contribution in [0.1, 0.15) is 47.5 Å². The molecule has 3 unspecified atom stereocenters. The summed E-state index contributed by atoms with van der Waals surface area (Å²) in [5.74, 6) is 0. The zero-order valence-corrected chi connectivity index (χ0v) is 13.1. The summed E-state index contributed by atoms with van der Waals surface area (Å²) in [5.41, 5.74) is 0.312. The van der Waals surface area contributed by atoms with E-state index in [-0.39, 0.29) is 0 Å². The lowest BCUT2D eigenvalue weighted by Crippen LogP contribution is -2.63. The minimum atomic E-state index is 0.312. The molecular weight excluding hydrogens is 224 g/mol. The third-order valence-corrected chi connectivity index (χ3v) is 4.04. The van der Waals surface area contributed by atoms with Crippen LogP contribution in [0.25, 0.3) is 0 Å². The molecule has 0 amide bonds. The van der Waals surface area contributed by atoms with Gasteiger partial charge in [-0.15, -0.1) is 0 Å².